The van der Waals surface area contributed by atoms with Crippen LogP contribution in [0.3, 0.4) is 0 Å². The van der Waals surface area contributed by atoms with E-state index in [1.807, 2.05) is 0 Å². The van der Waals surface area contributed by atoms with E-state index < -0.39 is 27.6 Å². The van der Waals surface area contributed by atoms with E-state index in [1.54, 1.807) is 52.8 Å². The molecule has 0 atom stereocenters. The monoisotopic (exact) mass is 463 g/mol. The zero-order chi connectivity index (χ0) is 24.1. The largest absolute Gasteiger partial charge is 0.495 e. The lowest BCUT2D eigenvalue weighted by molar-refractivity contribution is 0.0635. The Hall–Kier alpha value is -3.11. The minimum absolute atomic E-state index is 0.00267. The van der Waals surface area contributed by atoms with Gasteiger partial charge in [0.1, 0.15) is 11.4 Å². The van der Waals surface area contributed by atoms with Crippen molar-refractivity contribution in [2.24, 2.45) is 0 Å². The summed E-state index contributed by atoms with van der Waals surface area (Å²) in [4.78, 5) is 25.0. The van der Waals surface area contributed by atoms with E-state index in [0.29, 0.717) is 22.7 Å². The van der Waals surface area contributed by atoms with Crippen LogP contribution in [0, 0.1) is 6.92 Å². The van der Waals surface area contributed by atoms with Crippen molar-refractivity contribution >= 4 is 33.4 Å². The van der Waals surface area contributed by atoms with Gasteiger partial charge in [-0.25, -0.2) is 17.9 Å². The Morgan fingerprint density at radius 3 is 2.31 bits per heavy atom. The maximum atomic E-state index is 12.9. The number of benzene rings is 2. The maximum Gasteiger partial charge on any atom is 0.412 e. The smallest absolute Gasteiger partial charge is 0.412 e. The number of amides is 2. The normalized spacial score (nSPS) is 11.6. The minimum atomic E-state index is -3.71. The third-order valence-corrected chi connectivity index (χ3v) is 5.73. The number of hydrogen-bond donors (Lipinski definition) is 3. The molecule has 2 amide bonds. The van der Waals surface area contributed by atoms with E-state index >= 15 is 0 Å². The predicted molar refractivity (Wildman–Crippen MR) is 123 cm³/mol. The third kappa shape index (κ3) is 6.69. The van der Waals surface area contributed by atoms with Crippen LogP contribution in [0.4, 0.5) is 16.2 Å². The molecule has 0 spiro atoms. The van der Waals surface area contributed by atoms with Gasteiger partial charge in [-0.1, -0.05) is 13.0 Å². The highest BCUT2D eigenvalue weighted by Crippen LogP contribution is 2.29. The lowest BCUT2D eigenvalue weighted by Gasteiger charge is -2.20. The third-order valence-electron chi connectivity index (χ3n) is 4.19. The van der Waals surface area contributed by atoms with Crippen LogP contribution in [-0.4, -0.2) is 39.7 Å². The zero-order valence-electron chi connectivity index (χ0n) is 19.0. The fourth-order valence-electron chi connectivity index (χ4n) is 2.78. The Bertz CT molecular complexity index is 1110. The first kappa shape index (κ1) is 25.2. The molecule has 174 valence electrons. The number of carbonyl (C=O) groups is 2. The average molecular weight is 464 g/mol. The number of carbonyl (C=O) groups excluding carboxylic acids is 2. The van der Waals surface area contributed by atoms with E-state index in [9.17, 15) is 18.0 Å². The number of hydrogen-bond acceptors (Lipinski definition) is 6. The number of anilines is 2. The number of nitrogens with one attached hydrogen (secondary N) is 3. The molecule has 10 heteroatoms. The highest BCUT2D eigenvalue weighted by atomic mass is 32.2. The lowest BCUT2D eigenvalue weighted by atomic mass is 10.1. The number of ether oxygens (including phenoxy) is 2. The van der Waals surface area contributed by atoms with E-state index in [0.717, 1.165) is 0 Å². The topological polar surface area (TPSA) is 123 Å². The molecule has 0 radical (unpaired) electrons. The Balaban J connectivity index is 2.29. The summed E-state index contributed by atoms with van der Waals surface area (Å²) in [7, 11) is -2.26. The van der Waals surface area contributed by atoms with Crippen molar-refractivity contribution in [3.05, 3.63) is 47.5 Å². The highest BCUT2D eigenvalue weighted by Gasteiger charge is 2.20. The second-order valence-electron chi connectivity index (χ2n) is 7.97. The van der Waals surface area contributed by atoms with Crippen LogP contribution in [0.5, 0.6) is 5.75 Å². The molecule has 32 heavy (non-hydrogen) atoms. The molecule has 2 rings (SSSR count). The predicted octanol–water partition coefficient (Wildman–Crippen LogP) is 3.90. The fourth-order valence-corrected chi connectivity index (χ4v) is 3.85. The second-order valence-corrected chi connectivity index (χ2v) is 9.74. The highest BCUT2D eigenvalue weighted by molar-refractivity contribution is 7.89. The summed E-state index contributed by atoms with van der Waals surface area (Å²) in [6.07, 6.45) is -0.670. The van der Waals surface area contributed by atoms with Gasteiger partial charge >= 0.3 is 6.09 Å². The maximum absolute atomic E-state index is 12.9. The van der Waals surface area contributed by atoms with Gasteiger partial charge in [0.25, 0.3) is 5.91 Å². The first-order chi connectivity index (χ1) is 14.9. The Labute approximate surface area is 188 Å². The number of aryl methyl sites for hydroxylation is 1. The van der Waals surface area contributed by atoms with E-state index in [4.69, 9.17) is 9.47 Å². The van der Waals surface area contributed by atoms with Crippen LogP contribution in [0.1, 0.15) is 43.6 Å². The summed E-state index contributed by atoms with van der Waals surface area (Å²) < 4.78 is 37.5. The zero-order valence-corrected chi connectivity index (χ0v) is 19.8. The first-order valence-electron chi connectivity index (χ1n) is 9.96. The van der Waals surface area contributed by atoms with Gasteiger partial charge in [0.05, 0.1) is 17.7 Å². The van der Waals surface area contributed by atoms with Gasteiger partial charge in [-0.05, 0) is 63.6 Å². The van der Waals surface area contributed by atoms with Gasteiger partial charge in [-0.2, -0.15) is 0 Å². The average Bonchev–Trinajstić information content (AvgIpc) is 2.66. The Kier molecular flexibility index (Phi) is 7.87. The molecule has 9 nitrogen and oxygen atoms in total. The van der Waals surface area contributed by atoms with Crippen molar-refractivity contribution < 1.29 is 27.5 Å². The lowest BCUT2D eigenvalue weighted by Crippen LogP contribution is -2.27. The number of sulfonamides is 1. The molecule has 0 aliphatic heterocycles. The molecule has 0 saturated carbocycles. The molecule has 2 aromatic rings. The van der Waals surface area contributed by atoms with Gasteiger partial charge in [0.2, 0.25) is 10.0 Å². The van der Waals surface area contributed by atoms with Crippen molar-refractivity contribution in [3.8, 4) is 5.75 Å². The van der Waals surface area contributed by atoms with Crippen molar-refractivity contribution in [1.82, 2.24) is 4.72 Å². The summed E-state index contributed by atoms with van der Waals surface area (Å²) in [5.41, 5.74) is 0.819. The molecule has 0 aliphatic rings. The number of rotatable bonds is 7. The molecule has 3 N–H and O–H groups in total. The standard InChI is InChI=1S/C22H29N3O6S/c1-7-23-32(28,29)16-10-8-14(2)17(13-16)20(26)24-15-9-11-19(30-6)18(12-15)25-21(27)31-22(3,4)5/h8-13,23H,7H2,1-6H3,(H,24,26)(H,25,27). The van der Waals surface area contributed by atoms with E-state index in [-0.39, 0.29) is 17.0 Å². The van der Waals surface area contributed by atoms with Gasteiger partial charge in [-0.15, -0.1) is 0 Å². The van der Waals surface area contributed by atoms with Crippen LogP contribution in [-0.2, 0) is 14.8 Å². The second kappa shape index (κ2) is 10.0. The summed E-state index contributed by atoms with van der Waals surface area (Å²) in [5.74, 6) is -0.117. The Morgan fingerprint density at radius 1 is 1.03 bits per heavy atom. The van der Waals surface area contributed by atoms with Crippen molar-refractivity contribution in [2.75, 3.05) is 24.3 Å². The molecule has 0 unspecified atom stereocenters. The molecule has 0 fully saturated rings. The van der Waals surface area contributed by atoms with Crippen LogP contribution in [0.25, 0.3) is 0 Å². The SMILES string of the molecule is CCNS(=O)(=O)c1ccc(C)c(C(=O)Nc2ccc(OC)c(NC(=O)OC(C)(C)C)c2)c1. The summed E-state index contributed by atoms with van der Waals surface area (Å²) >= 11 is 0. The van der Waals surface area contributed by atoms with Crippen LogP contribution >= 0.6 is 0 Å². The molecular formula is C22H29N3O6S. The van der Waals surface area contributed by atoms with Crippen molar-refractivity contribution in [2.45, 2.75) is 45.1 Å². The summed E-state index contributed by atoms with van der Waals surface area (Å²) in [5, 5.41) is 5.32. The number of methoxy groups -OCH3 is 1. The van der Waals surface area contributed by atoms with Crippen molar-refractivity contribution in [3.63, 3.8) is 0 Å². The first-order valence-corrected chi connectivity index (χ1v) is 11.4. The van der Waals surface area contributed by atoms with Gasteiger partial charge < -0.3 is 14.8 Å². The molecular weight excluding hydrogens is 434 g/mol. The molecule has 0 bridgehead atoms. The van der Waals surface area contributed by atoms with Crippen LogP contribution in [0.2, 0.25) is 0 Å². The molecule has 2 aromatic carbocycles. The molecule has 0 saturated heterocycles. The van der Waals surface area contributed by atoms with Crippen LogP contribution < -0.4 is 20.1 Å². The van der Waals surface area contributed by atoms with Gasteiger partial charge in [0, 0.05) is 17.8 Å². The van der Waals surface area contributed by atoms with Crippen LogP contribution in [0.15, 0.2) is 41.3 Å². The van der Waals surface area contributed by atoms with E-state index in [1.165, 1.54) is 25.3 Å². The molecule has 0 aliphatic carbocycles. The summed E-state index contributed by atoms with van der Waals surface area (Å²) in [6, 6.07) is 9.05. The molecule has 0 heterocycles. The van der Waals surface area contributed by atoms with Gasteiger partial charge in [-0.3, -0.25) is 10.1 Å². The van der Waals surface area contributed by atoms with Crippen molar-refractivity contribution in [1.29, 1.82) is 0 Å². The quantitative estimate of drug-likeness (QED) is 0.572. The van der Waals surface area contributed by atoms with E-state index in [2.05, 4.69) is 15.4 Å². The summed E-state index contributed by atoms with van der Waals surface area (Å²) in [6.45, 7) is 8.85. The minimum Gasteiger partial charge on any atom is -0.495 e. The fraction of sp³-hybridized carbons (Fsp3) is 0.364. The molecule has 0 aromatic heterocycles. The Morgan fingerprint density at radius 2 is 1.72 bits per heavy atom. The van der Waals surface area contributed by atoms with Gasteiger partial charge in [0.15, 0.2) is 0 Å².